The van der Waals surface area contributed by atoms with E-state index < -0.39 is 0 Å². The molecule has 0 atom stereocenters. The second-order valence-corrected chi connectivity index (χ2v) is 16.8. The zero-order valence-corrected chi connectivity index (χ0v) is 35.2. The second-order valence-electron chi connectivity index (χ2n) is 16.8. The zero-order valence-electron chi connectivity index (χ0n) is 35.2. The number of hydrogen-bond acceptors (Lipinski definition) is 3. The van der Waals surface area contributed by atoms with E-state index in [4.69, 9.17) is 15.0 Å². The van der Waals surface area contributed by atoms with Gasteiger partial charge in [0.2, 0.25) is 0 Å². The van der Waals surface area contributed by atoms with Crippen LogP contribution in [0.1, 0.15) is 0 Å². The van der Waals surface area contributed by atoms with Crippen molar-refractivity contribution in [2.75, 3.05) is 0 Å². The van der Waals surface area contributed by atoms with Gasteiger partial charge in [-0.3, -0.25) is 0 Å². The van der Waals surface area contributed by atoms with E-state index in [-0.39, 0.29) is 0 Å². The molecule has 0 spiro atoms. The van der Waals surface area contributed by atoms with Crippen LogP contribution in [0.4, 0.5) is 0 Å². The minimum Gasteiger partial charge on any atom is -0.308 e. The van der Waals surface area contributed by atoms with Gasteiger partial charge in [-0.1, -0.05) is 194 Å². The number of nitrogens with zero attached hydrogens (tertiary/aromatic N) is 4. The molecule has 4 heteroatoms. The Balaban J connectivity index is 1.14. The van der Waals surface area contributed by atoms with Gasteiger partial charge in [0.05, 0.1) is 16.7 Å². The molecule has 0 saturated heterocycles. The van der Waals surface area contributed by atoms with Crippen molar-refractivity contribution < 1.29 is 0 Å². The highest BCUT2D eigenvalue weighted by atomic mass is 15.0. The first-order valence-corrected chi connectivity index (χ1v) is 22.1. The minimum absolute atomic E-state index is 0.617. The molecule has 0 aliphatic rings. The lowest BCUT2D eigenvalue weighted by atomic mass is 9.92. The first kappa shape index (κ1) is 36.9. The van der Waals surface area contributed by atoms with Crippen molar-refractivity contribution in [1.82, 2.24) is 19.5 Å². The summed E-state index contributed by atoms with van der Waals surface area (Å²) in [5.74, 6) is 1.87. The molecule has 13 rings (SSSR count). The lowest BCUT2D eigenvalue weighted by Crippen LogP contribution is -2.03. The molecule has 11 aromatic carbocycles. The van der Waals surface area contributed by atoms with Gasteiger partial charge < -0.3 is 4.57 Å². The summed E-state index contributed by atoms with van der Waals surface area (Å²) in [5.41, 5.74) is 10.7. The largest absolute Gasteiger partial charge is 0.308 e. The maximum Gasteiger partial charge on any atom is 0.164 e. The molecule has 4 nitrogen and oxygen atoms in total. The van der Waals surface area contributed by atoms with Crippen LogP contribution in [-0.4, -0.2) is 19.5 Å². The Morgan fingerprint density at radius 1 is 0.246 bits per heavy atom. The molecule has 302 valence electrons. The van der Waals surface area contributed by atoms with Crippen molar-refractivity contribution >= 4 is 64.9 Å². The van der Waals surface area contributed by atoms with Crippen LogP contribution in [0.2, 0.25) is 0 Å². The van der Waals surface area contributed by atoms with Crippen molar-refractivity contribution in [2.24, 2.45) is 0 Å². The van der Waals surface area contributed by atoms with Crippen LogP contribution < -0.4 is 0 Å². The molecule has 0 unspecified atom stereocenters. The fraction of sp³-hybridized carbons (Fsp3) is 0. The topological polar surface area (TPSA) is 43.6 Å². The number of fused-ring (bicyclic) bond motifs is 7. The van der Waals surface area contributed by atoms with E-state index >= 15 is 0 Å². The van der Waals surface area contributed by atoms with E-state index in [9.17, 15) is 0 Å². The highest BCUT2D eigenvalue weighted by Gasteiger charge is 2.24. The molecular weight excluding hydrogens is 789 g/mol. The molecule has 2 aromatic heterocycles. The van der Waals surface area contributed by atoms with Gasteiger partial charge in [0.25, 0.3) is 0 Å². The maximum absolute atomic E-state index is 5.38. The normalized spacial score (nSPS) is 11.7. The van der Waals surface area contributed by atoms with Crippen molar-refractivity contribution in [2.45, 2.75) is 0 Å². The highest BCUT2D eigenvalue weighted by Crippen LogP contribution is 2.45. The van der Waals surface area contributed by atoms with Gasteiger partial charge in [-0.2, -0.15) is 0 Å². The third-order valence-electron chi connectivity index (χ3n) is 13.0. The van der Waals surface area contributed by atoms with Crippen LogP contribution >= 0.6 is 0 Å². The molecule has 0 aliphatic heterocycles. The van der Waals surface area contributed by atoms with Crippen LogP contribution in [0.5, 0.6) is 0 Å². The number of hydrogen-bond donors (Lipinski definition) is 0. The van der Waals surface area contributed by atoms with Gasteiger partial charge in [-0.05, 0) is 90.8 Å². The number of rotatable bonds is 6. The first-order chi connectivity index (χ1) is 32.2. The number of aromatic nitrogens is 4. The van der Waals surface area contributed by atoms with Crippen LogP contribution in [0.3, 0.4) is 0 Å². The van der Waals surface area contributed by atoms with Crippen molar-refractivity contribution in [3.05, 3.63) is 231 Å². The highest BCUT2D eigenvalue weighted by molar-refractivity contribution is 6.19. The summed E-state index contributed by atoms with van der Waals surface area (Å²) in [7, 11) is 0. The molecule has 0 saturated carbocycles. The molecule has 2 heterocycles. The SMILES string of the molecule is c1ccc(-c2ccc(-c3cc(-c4nc(-c5ccccc5)nc(-c5ccc6ccccc6c5)n4)c4ccccc4c3-n3c4cc5ccccc5cc4c4cc5ccccc5cc43)cc2)cc1. The fourth-order valence-electron chi connectivity index (χ4n) is 9.78. The first-order valence-electron chi connectivity index (χ1n) is 22.1. The fourth-order valence-corrected chi connectivity index (χ4v) is 9.78. The lowest BCUT2D eigenvalue weighted by Gasteiger charge is -2.20. The Morgan fingerprint density at radius 3 is 1.29 bits per heavy atom. The lowest BCUT2D eigenvalue weighted by molar-refractivity contribution is 1.08. The number of benzene rings is 11. The van der Waals surface area contributed by atoms with Gasteiger partial charge >= 0.3 is 0 Å². The van der Waals surface area contributed by atoms with E-state index in [0.29, 0.717) is 17.5 Å². The summed E-state index contributed by atoms with van der Waals surface area (Å²) in [4.78, 5) is 15.9. The summed E-state index contributed by atoms with van der Waals surface area (Å²) in [5, 5.41) is 11.7. The van der Waals surface area contributed by atoms with Crippen LogP contribution in [-0.2, 0) is 0 Å². The van der Waals surface area contributed by atoms with Gasteiger partial charge in [0, 0.05) is 38.4 Å². The predicted molar refractivity (Wildman–Crippen MR) is 271 cm³/mol. The van der Waals surface area contributed by atoms with Crippen LogP contribution in [0.15, 0.2) is 231 Å². The average Bonchev–Trinajstić information content (AvgIpc) is 3.68. The summed E-state index contributed by atoms with van der Waals surface area (Å²) >= 11 is 0. The summed E-state index contributed by atoms with van der Waals surface area (Å²) in [6.45, 7) is 0. The van der Waals surface area contributed by atoms with E-state index in [2.05, 4.69) is 217 Å². The molecule has 0 bridgehead atoms. The zero-order chi connectivity index (χ0) is 42.8. The molecular formula is C61H38N4. The van der Waals surface area contributed by atoms with Gasteiger partial charge in [-0.25, -0.2) is 15.0 Å². The molecule has 0 radical (unpaired) electrons. The molecule has 0 amide bonds. The Kier molecular flexibility index (Phi) is 8.50. The third-order valence-corrected chi connectivity index (χ3v) is 13.0. The third kappa shape index (κ3) is 6.26. The Labute approximate surface area is 375 Å². The maximum atomic E-state index is 5.38. The van der Waals surface area contributed by atoms with E-state index in [0.717, 1.165) is 66.3 Å². The van der Waals surface area contributed by atoms with Crippen molar-refractivity contribution in [3.63, 3.8) is 0 Å². The summed E-state index contributed by atoms with van der Waals surface area (Å²) < 4.78 is 2.51. The van der Waals surface area contributed by atoms with E-state index in [1.54, 1.807) is 0 Å². The van der Waals surface area contributed by atoms with E-state index in [1.807, 2.05) is 18.2 Å². The summed E-state index contributed by atoms with van der Waals surface area (Å²) in [6.07, 6.45) is 0. The molecule has 0 N–H and O–H groups in total. The standard InChI is InChI=1S/C61H38N4/c1-3-15-39(16-4-1)41-27-30-42(31-28-41)52-38-55(61-63-59(43-18-5-2-6-19-43)62-60(64-61)49-32-29-40-17-7-8-20-44(40)33-49)50-25-13-14-26-51(50)58(52)65-56-36-47-23-11-9-21-45(47)34-53(56)54-35-46-22-10-12-24-48(46)37-57(54)65/h1-38H. The smallest absolute Gasteiger partial charge is 0.164 e. The van der Waals surface area contributed by atoms with E-state index in [1.165, 1.54) is 43.3 Å². The van der Waals surface area contributed by atoms with Crippen LogP contribution in [0, 0.1) is 0 Å². The summed E-state index contributed by atoms with van der Waals surface area (Å²) in [6, 6.07) is 82.6. The molecule has 0 aliphatic carbocycles. The van der Waals surface area contributed by atoms with Crippen LogP contribution in [0.25, 0.3) is 127 Å². The Hall–Kier alpha value is -8.73. The predicted octanol–water partition coefficient (Wildman–Crippen LogP) is 15.9. The average molecular weight is 827 g/mol. The molecule has 13 aromatic rings. The van der Waals surface area contributed by atoms with Gasteiger partial charge in [0.1, 0.15) is 0 Å². The van der Waals surface area contributed by atoms with Crippen molar-refractivity contribution in [3.8, 4) is 62.1 Å². The Morgan fingerprint density at radius 2 is 0.677 bits per heavy atom. The Bertz CT molecular complexity index is 3890. The second kappa shape index (κ2) is 15.0. The monoisotopic (exact) mass is 826 g/mol. The van der Waals surface area contributed by atoms with Crippen molar-refractivity contribution in [1.29, 1.82) is 0 Å². The molecule has 0 fully saturated rings. The molecule has 65 heavy (non-hydrogen) atoms. The minimum atomic E-state index is 0.617. The van der Waals surface area contributed by atoms with Gasteiger partial charge in [-0.15, -0.1) is 0 Å². The van der Waals surface area contributed by atoms with Gasteiger partial charge in [0.15, 0.2) is 17.5 Å². The quantitative estimate of drug-likeness (QED) is 0.168.